The lowest BCUT2D eigenvalue weighted by Gasteiger charge is -2.32. The van der Waals surface area contributed by atoms with E-state index in [0.717, 1.165) is 16.9 Å². The third-order valence-electron chi connectivity index (χ3n) is 4.55. The molecule has 1 atom stereocenters. The van der Waals surface area contributed by atoms with Gasteiger partial charge < -0.3 is 14.2 Å². The number of nitrogens with zero attached hydrogens (tertiary/aromatic N) is 2. The van der Waals surface area contributed by atoms with Crippen molar-refractivity contribution in [2.24, 2.45) is 4.99 Å². The van der Waals surface area contributed by atoms with Gasteiger partial charge in [0.25, 0.3) is 6.02 Å². The second-order valence-electron chi connectivity index (χ2n) is 6.20. The summed E-state index contributed by atoms with van der Waals surface area (Å²) < 4.78 is 16.1. The van der Waals surface area contributed by atoms with Gasteiger partial charge in [-0.25, -0.2) is 9.79 Å². The van der Waals surface area contributed by atoms with Crippen molar-refractivity contribution in [3.05, 3.63) is 71.3 Å². The van der Waals surface area contributed by atoms with Crippen LogP contribution in [0.3, 0.4) is 0 Å². The van der Waals surface area contributed by atoms with Gasteiger partial charge in [0.05, 0.1) is 32.1 Å². The van der Waals surface area contributed by atoms with Crippen LogP contribution in [-0.2, 0) is 14.3 Å². The summed E-state index contributed by atoms with van der Waals surface area (Å²) in [6.07, 6.45) is 0. The van der Waals surface area contributed by atoms with E-state index in [0.29, 0.717) is 17.3 Å². The molecular weight excluding hydrogens is 356 g/mol. The monoisotopic (exact) mass is 380 g/mol. The van der Waals surface area contributed by atoms with Crippen molar-refractivity contribution in [2.75, 3.05) is 27.9 Å². The smallest absolute Gasteiger partial charge is 0.338 e. The van der Waals surface area contributed by atoms with Crippen LogP contribution < -0.4 is 4.74 Å². The highest BCUT2D eigenvalue weighted by atomic mass is 16.5. The van der Waals surface area contributed by atoms with Crippen LogP contribution >= 0.6 is 0 Å². The Balaban J connectivity index is 2.22. The van der Waals surface area contributed by atoms with Gasteiger partial charge in [-0.2, -0.15) is 0 Å². The Bertz CT molecular complexity index is 889. The summed E-state index contributed by atoms with van der Waals surface area (Å²) >= 11 is 0. The standard InChI is InChI=1S/C22H24N2O4/c1-5-28-21(25)18-19(15-11-13-17(26-3)14-12-15)23-22(27-4)24(2)20(18)16-9-7-6-8-10-16/h6-14,19H,5H2,1-4H3. The van der Waals surface area contributed by atoms with Crippen molar-refractivity contribution in [1.82, 2.24) is 4.90 Å². The average molecular weight is 380 g/mol. The average Bonchev–Trinajstić information content (AvgIpc) is 2.74. The third kappa shape index (κ3) is 3.71. The van der Waals surface area contributed by atoms with E-state index < -0.39 is 12.0 Å². The van der Waals surface area contributed by atoms with Crippen LogP contribution in [-0.4, -0.2) is 44.8 Å². The van der Waals surface area contributed by atoms with Gasteiger partial charge in [-0.1, -0.05) is 42.5 Å². The number of hydrogen-bond acceptors (Lipinski definition) is 6. The second kappa shape index (κ2) is 8.61. The fourth-order valence-electron chi connectivity index (χ4n) is 3.25. The number of aliphatic imine (C=N–C) groups is 1. The number of amidine groups is 1. The number of hydrogen-bond donors (Lipinski definition) is 0. The van der Waals surface area contributed by atoms with Gasteiger partial charge in [0.15, 0.2) is 0 Å². The normalized spacial score (nSPS) is 16.5. The Morgan fingerprint density at radius 1 is 1.04 bits per heavy atom. The Morgan fingerprint density at radius 2 is 1.71 bits per heavy atom. The molecule has 0 N–H and O–H groups in total. The molecule has 1 aliphatic rings. The fourth-order valence-corrected chi connectivity index (χ4v) is 3.25. The molecule has 2 aromatic carbocycles. The Hall–Kier alpha value is -3.28. The van der Waals surface area contributed by atoms with E-state index >= 15 is 0 Å². The molecule has 0 aliphatic carbocycles. The fraction of sp³-hybridized carbons (Fsp3) is 0.273. The van der Waals surface area contributed by atoms with Crippen LogP contribution in [0.4, 0.5) is 0 Å². The molecule has 0 bridgehead atoms. The Kier molecular flexibility index (Phi) is 5.99. The van der Waals surface area contributed by atoms with E-state index in [9.17, 15) is 4.79 Å². The topological polar surface area (TPSA) is 60.4 Å². The summed E-state index contributed by atoms with van der Waals surface area (Å²) in [4.78, 5) is 19.5. The van der Waals surface area contributed by atoms with Crippen molar-refractivity contribution in [3.8, 4) is 5.75 Å². The minimum absolute atomic E-state index is 0.282. The molecule has 0 saturated carbocycles. The largest absolute Gasteiger partial charge is 0.497 e. The molecule has 1 heterocycles. The first-order chi connectivity index (χ1) is 13.6. The van der Waals surface area contributed by atoms with E-state index in [1.54, 1.807) is 26.0 Å². The molecule has 146 valence electrons. The molecule has 0 saturated heterocycles. The van der Waals surface area contributed by atoms with Crippen LogP contribution in [0, 0.1) is 0 Å². The van der Waals surface area contributed by atoms with Gasteiger partial charge in [-0.15, -0.1) is 0 Å². The van der Waals surface area contributed by atoms with Gasteiger partial charge in [0.1, 0.15) is 11.8 Å². The molecular formula is C22H24N2O4. The zero-order valence-corrected chi connectivity index (χ0v) is 16.5. The molecule has 28 heavy (non-hydrogen) atoms. The van der Waals surface area contributed by atoms with Crippen LogP contribution in [0.25, 0.3) is 5.70 Å². The van der Waals surface area contributed by atoms with E-state index in [1.807, 2.05) is 61.6 Å². The lowest BCUT2D eigenvalue weighted by Crippen LogP contribution is -2.35. The quantitative estimate of drug-likeness (QED) is 0.741. The molecule has 0 spiro atoms. The summed E-state index contributed by atoms with van der Waals surface area (Å²) in [5.41, 5.74) is 2.92. The predicted molar refractivity (Wildman–Crippen MR) is 108 cm³/mol. The first kappa shape index (κ1) is 19.5. The Morgan fingerprint density at radius 3 is 2.29 bits per heavy atom. The van der Waals surface area contributed by atoms with E-state index in [1.165, 1.54) is 0 Å². The third-order valence-corrected chi connectivity index (χ3v) is 4.55. The van der Waals surface area contributed by atoms with Crippen molar-refractivity contribution in [3.63, 3.8) is 0 Å². The number of carbonyl (C=O) groups excluding carboxylic acids is 1. The number of ether oxygens (including phenoxy) is 3. The molecule has 3 rings (SSSR count). The van der Waals surface area contributed by atoms with Gasteiger partial charge >= 0.3 is 5.97 Å². The molecule has 0 fully saturated rings. The van der Waals surface area contributed by atoms with Crippen molar-refractivity contribution >= 4 is 17.7 Å². The van der Waals surface area contributed by atoms with E-state index in [2.05, 4.69) is 4.99 Å². The maximum absolute atomic E-state index is 13.0. The van der Waals surface area contributed by atoms with Gasteiger partial charge in [0.2, 0.25) is 0 Å². The molecule has 1 aliphatic heterocycles. The summed E-state index contributed by atoms with van der Waals surface area (Å²) in [6.45, 7) is 2.07. The van der Waals surface area contributed by atoms with E-state index in [-0.39, 0.29) is 6.61 Å². The summed E-state index contributed by atoms with van der Waals surface area (Å²) in [7, 11) is 5.01. The lowest BCUT2D eigenvalue weighted by atomic mass is 9.93. The molecule has 6 nitrogen and oxygen atoms in total. The number of esters is 1. The second-order valence-corrected chi connectivity index (χ2v) is 6.20. The number of methoxy groups -OCH3 is 2. The van der Waals surface area contributed by atoms with Crippen LogP contribution in [0.15, 0.2) is 65.2 Å². The zero-order chi connectivity index (χ0) is 20.1. The Labute approximate surface area is 165 Å². The number of rotatable bonds is 5. The highest BCUT2D eigenvalue weighted by Crippen LogP contribution is 2.39. The van der Waals surface area contributed by atoms with Gasteiger partial charge in [-0.05, 0) is 30.2 Å². The van der Waals surface area contributed by atoms with E-state index in [4.69, 9.17) is 14.2 Å². The molecule has 1 unspecified atom stereocenters. The molecule has 0 amide bonds. The molecule has 6 heteroatoms. The predicted octanol–water partition coefficient (Wildman–Crippen LogP) is 3.66. The SMILES string of the molecule is CCOC(=O)C1=C(c2ccccc2)N(C)C(OC)=NC1c1ccc(OC)cc1. The summed E-state index contributed by atoms with van der Waals surface area (Å²) in [5, 5.41) is 0. The van der Waals surface area contributed by atoms with Gasteiger partial charge in [0, 0.05) is 7.05 Å². The molecule has 0 radical (unpaired) electrons. The van der Waals surface area contributed by atoms with Crippen molar-refractivity contribution in [2.45, 2.75) is 13.0 Å². The summed E-state index contributed by atoms with van der Waals surface area (Å²) in [5.74, 6) is 0.338. The highest BCUT2D eigenvalue weighted by molar-refractivity contribution is 6.03. The zero-order valence-electron chi connectivity index (χ0n) is 16.5. The first-order valence-electron chi connectivity index (χ1n) is 9.06. The highest BCUT2D eigenvalue weighted by Gasteiger charge is 2.35. The van der Waals surface area contributed by atoms with Crippen LogP contribution in [0.5, 0.6) is 5.75 Å². The minimum atomic E-state index is -0.550. The lowest BCUT2D eigenvalue weighted by molar-refractivity contribution is -0.138. The number of benzene rings is 2. The maximum Gasteiger partial charge on any atom is 0.338 e. The molecule has 2 aromatic rings. The van der Waals surface area contributed by atoms with Gasteiger partial charge in [-0.3, -0.25) is 4.90 Å². The molecule has 0 aromatic heterocycles. The van der Waals surface area contributed by atoms with Crippen molar-refractivity contribution in [1.29, 1.82) is 0 Å². The van der Waals surface area contributed by atoms with Crippen LogP contribution in [0.2, 0.25) is 0 Å². The van der Waals surface area contributed by atoms with Crippen LogP contribution in [0.1, 0.15) is 24.1 Å². The maximum atomic E-state index is 13.0. The minimum Gasteiger partial charge on any atom is -0.497 e. The van der Waals surface area contributed by atoms with Crippen molar-refractivity contribution < 1.29 is 19.0 Å². The first-order valence-corrected chi connectivity index (χ1v) is 9.06. The number of carbonyl (C=O) groups is 1. The summed E-state index contributed by atoms with van der Waals surface area (Å²) in [6, 6.07) is 17.1.